The van der Waals surface area contributed by atoms with Crippen molar-refractivity contribution in [1.82, 2.24) is 9.91 Å². The van der Waals surface area contributed by atoms with Crippen LogP contribution in [-0.4, -0.2) is 49.2 Å². The molecule has 0 atom stereocenters. The number of likely N-dealkylation sites (N-methyl/N-ethyl adjacent to an activating group) is 1. The summed E-state index contributed by atoms with van der Waals surface area (Å²) in [6.07, 6.45) is 0. The molecule has 0 aliphatic carbocycles. The van der Waals surface area contributed by atoms with E-state index in [0.29, 0.717) is 6.54 Å². The maximum absolute atomic E-state index is 11.2. The van der Waals surface area contributed by atoms with Crippen molar-refractivity contribution >= 4 is 12.6 Å². The van der Waals surface area contributed by atoms with Crippen molar-refractivity contribution in [1.29, 1.82) is 0 Å². The standard InChI is InChI=1S/C8H17N3O/c1-7(2)11(9-3)6-8(12)10(4)5/h7H,3,6H2,1-2,4-5H3. The third-order valence-corrected chi connectivity index (χ3v) is 1.57. The molecule has 70 valence electrons. The molecule has 0 aliphatic heterocycles. The van der Waals surface area contributed by atoms with Crippen LogP contribution in [0.25, 0.3) is 0 Å². The molecule has 4 heteroatoms. The van der Waals surface area contributed by atoms with Crippen molar-refractivity contribution in [3.05, 3.63) is 0 Å². The molecule has 1 amide bonds. The zero-order valence-corrected chi connectivity index (χ0v) is 8.24. The minimum Gasteiger partial charge on any atom is -0.347 e. The smallest absolute Gasteiger partial charge is 0.243 e. The molecule has 0 N–H and O–H groups in total. The molecule has 0 spiro atoms. The Balaban J connectivity index is 4.03. The lowest BCUT2D eigenvalue weighted by molar-refractivity contribution is -0.130. The van der Waals surface area contributed by atoms with Crippen LogP contribution in [0.1, 0.15) is 13.8 Å². The van der Waals surface area contributed by atoms with Crippen molar-refractivity contribution < 1.29 is 4.79 Å². The normalized spacial score (nSPS) is 9.75. The average Bonchev–Trinajstić information content (AvgIpc) is 1.98. The van der Waals surface area contributed by atoms with Gasteiger partial charge in [-0.2, -0.15) is 5.10 Å². The van der Waals surface area contributed by atoms with E-state index in [9.17, 15) is 4.79 Å². The molecule has 0 bridgehead atoms. The molecule has 0 heterocycles. The number of amides is 1. The van der Waals surface area contributed by atoms with E-state index in [1.54, 1.807) is 24.0 Å². The van der Waals surface area contributed by atoms with Crippen LogP contribution in [0.5, 0.6) is 0 Å². The van der Waals surface area contributed by atoms with Crippen LogP contribution < -0.4 is 0 Å². The van der Waals surface area contributed by atoms with Gasteiger partial charge in [-0.05, 0) is 13.8 Å². The number of hydrazone groups is 1. The number of hydrogen-bond donors (Lipinski definition) is 0. The predicted octanol–water partition coefficient (Wildman–Crippen LogP) is 0.401. The van der Waals surface area contributed by atoms with E-state index in [-0.39, 0.29) is 11.9 Å². The first-order valence-corrected chi connectivity index (χ1v) is 3.92. The maximum atomic E-state index is 11.2. The molecule has 0 rings (SSSR count). The van der Waals surface area contributed by atoms with Crippen LogP contribution in [-0.2, 0) is 4.79 Å². The van der Waals surface area contributed by atoms with Crippen molar-refractivity contribution in [3.63, 3.8) is 0 Å². The van der Waals surface area contributed by atoms with Crippen LogP contribution in [0.3, 0.4) is 0 Å². The molecule has 0 unspecified atom stereocenters. The third-order valence-electron chi connectivity index (χ3n) is 1.57. The minimum atomic E-state index is 0.0381. The molecule has 0 aromatic rings. The van der Waals surface area contributed by atoms with Gasteiger partial charge in [0.2, 0.25) is 5.91 Å². The van der Waals surface area contributed by atoms with Gasteiger partial charge in [-0.3, -0.25) is 9.80 Å². The first kappa shape index (κ1) is 10.9. The summed E-state index contributed by atoms with van der Waals surface area (Å²) >= 11 is 0. The predicted molar refractivity (Wildman–Crippen MR) is 50.1 cm³/mol. The van der Waals surface area contributed by atoms with Crippen LogP contribution in [0, 0.1) is 0 Å². The van der Waals surface area contributed by atoms with E-state index in [1.807, 2.05) is 13.8 Å². The number of hydrogen-bond acceptors (Lipinski definition) is 3. The number of carbonyl (C=O) groups is 1. The van der Waals surface area contributed by atoms with Gasteiger partial charge in [0, 0.05) is 26.9 Å². The Kier molecular flexibility index (Phi) is 4.33. The summed E-state index contributed by atoms with van der Waals surface area (Å²) in [7, 11) is 3.45. The molecule has 0 saturated heterocycles. The van der Waals surface area contributed by atoms with E-state index >= 15 is 0 Å². The van der Waals surface area contributed by atoms with Gasteiger partial charge in [0.1, 0.15) is 6.54 Å². The zero-order chi connectivity index (χ0) is 9.72. The summed E-state index contributed by atoms with van der Waals surface area (Å²) in [6.45, 7) is 7.64. The second kappa shape index (κ2) is 4.74. The monoisotopic (exact) mass is 171 g/mol. The Hall–Kier alpha value is -1.06. The number of carbonyl (C=O) groups excluding carboxylic acids is 1. The molecule has 0 radical (unpaired) electrons. The third kappa shape index (κ3) is 3.37. The molecular formula is C8H17N3O. The Morgan fingerprint density at radius 2 is 2.00 bits per heavy atom. The van der Waals surface area contributed by atoms with Crippen molar-refractivity contribution in [2.75, 3.05) is 20.6 Å². The van der Waals surface area contributed by atoms with Gasteiger partial charge in [0.15, 0.2) is 0 Å². The summed E-state index contributed by atoms with van der Waals surface area (Å²) < 4.78 is 0. The quantitative estimate of drug-likeness (QED) is 0.453. The van der Waals surface area contributed by atoms with Crippen LogP contribution in [0.15, 0.2) is 5.10 Å². The first-order valence-electron chi connectivity index (χ1n) is 3.92. The summed E-state index contributed by atoms with van der Waals surface area (Å²) in [5.41, 5.74) is 0. The lowest BCUT2D eigenvalue weighted by Crippen LogP contribution is -2.37. The van der Waals surface area contributed by atoms with Gasteiger partial charge >= 0.3 is 0 Å². The molecule has 0 fully saturated rings. The second-order valence-corrected chi connectivity index (χ2v) is 3.12. The number of rotatable bonds is 4. The van der Waals surface area contributed by atoms with Crippen molar-refractivity contribution in [2.45, 2.75) is 19.9 Å². The highest BCUT2D eigenvalue weighted by atomic mass is 16.2. The summed E-state index contributed by atoms with van der Waals surface area (Å²) in [5, 5.41) is 5.40. The van der Waals surface area contributed by atoms with Crippen LogP contribution in [0.4, 0.5) is 0 Å². The Labute approximate surface area is 73.8 Å². The fourth-order valence-corrected chi connectivity index (χ4v) is 0.676. The van der Waals surface area contributed by atoms with Crippen LogP contribution >= 0.6 is 0 Å². The lowest BCUT2D eigenvalue weighted by Gasteiger charge is -2.23. The molecule has 0 saturated carbocycles. The minimum absolute atomic E-state index is 0.0381. The molecule has 12 heavy (non-hydrogen) atoms. The van der Waals surface area contributed by atoms with Crippen molar-refractivity contribution in [2.24, 2.45) is 5.10 Å². The van der Waals surface area contributed by atoms with Gasteiger partial charge in [0.05, 0.1) is 0 Å². The molecule has 0 aliphatic rings. The Morgan fingerprint density at radius 3 is 2.25 bits per heavy atom. The van der Waals surface area contributed by atoms with E-state index < -0.39 is 0 Å². The van der Waals surface area contributed by atoms with Crippen LogP contribution in [0.2, 0.25) is 0 Å². The maximum Gasteiger partial charge on any atom is 0.243 e. The van der Waals surface area contributed by atoms with Crippen molar-refractivity contribution in [3.8, 4) is 0 Å². The van der Waals surface area contributed by atoms with Gasteiger partial charge in [-0.15, -0.1) is 0 Å². The van der Waals surface area contributed by atoms with Gasteiger partial charge < -0.3 is 4.90 Å². The van der Waals surface area contributed by atoms with E-state index in [4.69, 9.17) is 0 Å². The van der Waals surface area contributed by atoms with E-state index in [0.717, 1.165) is 0 Å². The highest BCUT2D eigenvalue weighted by Crippen LogP contribution is 1.97. The highest BCUT2D eigenvalue weighted by molar-refractivity contribution is 5.77. The van der Waals surface area contributed by atoms with Gasteiger partial charge in [-0.1, -0.05) is 0 Å². The summed E-state index contributed by atoms with van der Waals surface area (Å²) in [5.74, 6) is 0.0381. The topological polar surface area (TPSA) is 35.9 Å². The number of nitrogens with zero attached hydrogens (tertiary/aromatic N) is 3. The Bertz CT molecular complexity index is 166. The average molecular weight is 171 g/mol. The second-order valence-electron chi connectivity index (χ2n) is 3.12. The Morgan fingerprint density at radius 1 is 1.50 bits per heavy atom. The van der Waals surface area contributed by atoms with Gasteiger partial charge in [0.25, 0.3) is 0 Å². The summed E-state index contributed by atoms with van der Waals surface area (Å²) in [4.78, 5) is 12.8. The van der Waals surface area contributed by atoms with Gasteiger partial charge in [-0.25, -0.2) is 0 Å². The largest absolute Gasteiger partial charge is 0.347 e. The fourth-order valence-electron chi connectivity index (χ4n) is 0.676. The fraction of sp³-hybridized carbons (Fsp3) is 0.750. The summed E-state index contributed by atoms with van der Waals surface area (Å²) in [6, 6.07) is 0.214. The first-order chi connectivity index (χ1) is 5.49. The zero-order valence-electron chi connectivity index (χ0n) is 8.24. The molecule has 0 aromatic heterocycles. The molecule has 0 aromatic carbocycles. The molecule has 4 nitrogen and oxygen atoms in total. The van der Waals surface area contributed by atoms with E-state index in [2.05, 4.69) is 11.8 Å². The lowest BCUT2D eigenvalue weighted by atomic mass is 10.3. The molecular weight excluding hydrogens is 154 g/mol. The SMILES string of the molecule is C=NN(CC(=O)N(C)C)C(C)C. The van der Waals surface area contributed by atoms with E-state index in [1.165, 1.54) is 0 Å². The highest BCUT2D eigenvalue weighted by Gasteiger charge is 2.11.